The van der Waals surface area contributed by atoms with Crippen LogP contribution in [0.25, 0.3) is 70.3 Å². The Labute approximate surface area is 943 Å². The summed E-state index contributed by atoms with van der Waals surface area (Å²) in [6, 6.07) is 82.1. The zero-order chi connectivity index (χ0) is 92.5. The Morgan fingerprint density at radius 3 is 1.41 bits per heavy atom. The molecule has 134 heavy (non-hydrogen) atoms. The molecule has 6 fully saturated rings. The van der Waals surface area contributed by atoms with Crippen molar-refractivity contribution in [2.45, 2.75) is 119 Å². The van der Waals surface area contributed by atoms with Crippen LogP contribution in [0.3, 0.4) is 0 Å². The van der Waals surface area contributed by atoms with E-state index in [1.54, 1.807) is 11.6 Å². The Morgan fingerprint density at radius 1 is 0.634 bits per heavy atom. The fourth-order valence-corrected chi connectivity index (χ4v) is 14.7. The van der Waals surface area contributed by atoms with Crippen LogP contribution in [0.2, 0.25) is 5.02 Å². The van der Waals surface area contributed by atoms with Crippen molar-refractivity contribution in [3.8, 4) is 5.69 Å². The first-order valence-electron chi connectivity index (χ1n) is 39.8. The van der Waals surface area contributed by atoms with Gasteiger partial charge in [0.25, 0.3) is 23.7 Å². The molecular weight excluding hydrogens is 2160 g/mol. The number of thiocarbonyl (C=S) groups is 2. The summed E-state index contributed by atoms with van der Waals surface area (Å²) in [5.41, 5.74) is 16.1. The van der Waals surface area contributed by atoms with Gasteiger partial charge in [-0.25, -0.2) is 31.2 Å². The molecule has 14 aromatic rings. The van der Waals surface area contributed by atoms with E-state index in [1.807, 2.05) is 91.0 Å². The third kappa shape index (κ3) is 38.9. The van der Waals surface area contributed by atoms with Crippen LogP contribution in [0.4, 0.5) is 40.3 Å². The first-order chi connectivity index (χ1) is 61.6. The van der Waals surface area contributed by atoms with E-state index in [2.05, 4.69) is 211 Å². The second-order valence-corrected chi connectivity index (χ2v) is 33.1. The van der Waals surface area contributed by atoms with Crippen molar-refractivity contribution >= 4 is 243 Å². The number of aromatic nitrogens is 3. The number of amides is 1. The number of H-pyrrole nitrogens is 1. The average Bonchev–Trinajstić information content (AvgIpc) is 1.59. The number of halogens is 10. The zero-order valence-electron chi connectivity index (χ0n) is 73.3. The Balaban J connectivity index is 0.000000763. The summed E-state index contributed by atoms with van der Waals surface area (Å²) in [6.45, 7) is -0.181. The SMILES string of the molecule is Brc1cccc2ccccc12.FC(F)c1n[nH]c(=S)n1-c1ccc(C2CC2)c2ccccc12.Nc1ccc(C2CC2)c2ccccc12.O=C(CCl)Nc1ccc(C(=O)O)cc1Cl.O=C(O)C(F)F.O=CO[O-].O=[N+]([O-])O.O=[N+]([O-])c1ccc(C2CC2)c2ccccc12.S=C(Cl)Cl.S=C=Nc1ccc(C2CC2)c2ccccc12.[Br-].[CH-]1CC1.[CH3-].[H-].[HH].[K+].[K+].[Mg+2].[Pd].c1ccc2c(C3CC3)cccc2c1. The molecule has 0 saturated heterocycles. The summed E-state index contributed by atoms with van der Waals surface area (Å²) >= 11 is 38.0. The number of nitrogens with two attached hydrogens (primary N) is 1. The topological polar surface area (TPSA) is 332 Å². The first kappa shape index (κ1) is 122. The number of anilines is 2. The number of nitrogens with zero attached hydrogens (tertiary/aromatic N) is 5. The Hall–Kier alpha value is -6.55. The number of carbonyl (C=O) groups excluding carboxylic acids is 2. The smallest absolute Gasteiger partial charge is 1.00 e. The van der Waals surface area contributed by atoms with Gasteiger partial charge in [0.1, 0.15) is 5.88 Å². The van der Waals surface area contributed by atoms with Crippen molar-refractivity contribution in [3.05, 3.63) is 336 Å². The van der Waals surface area contributed by atoms with Crippen molar-refractivity contribution in [3.63, 3.8) is 0 Å². The van der Waals surface area contributed by atoms with Crippen LogP contribution < -0.4 is 136 Å². The number of aromatic amines is 1. The molecule has 7 N–H and O–H groups in total. The molecule has 6 aliphatic rings. The molecule has 38 heteroatoms. The molecule has 0 atom stereocenters. The monoisotopic (exact) mass is 2240 g/mol. The second kappa shape index (κ2) is 62.5. The number of nitrogens with one attached hydrogen (secondary N) is 2. The summed E-state index contributed by atoms with van der Waals surface area (Å²) in [4.78, 5) is 64.8. The summed E-state index contributed by atoms with van der Waals surface area (Å²) < 4.78 is 50.1. The third-order valence-corrected chi connectivity index (χ3v) is 21.7. The fraction of sp³-hybridized carbons (Fsp3) is 0.208. The number of benzene rings is 13. The molecule has 1 heterocycles. The molecule has 1 aromatic heterocycles. The van der Waals surface area contributed by atoms with Gasteiger partial charge in [-0.15, -0.1) is 21.7 Å². The first-order valence-corrected chi connectivity index (χ1v) is 43.5. The standard InChI is InChI=1S/C16H13F2N3S.C14H11NS.C13H11NO2.C13H13N.C13H12.C10H7Br.C9H7Cl2NO3.C3H5.C2H2F2O2.CCl2S.CH2O3.CH3.BrH.2K.Mg.HNO3.Pd.H2.H/c17-14(18)15-19-20-16(22)21(15)13-8-7-10(9-5-6-9)11-3-1-2-4-12(11)13;16-9-15-14-8-7-11(10-5-6-10)12-3-1-2-4-13(12)14;15-14(16)13-8-7-10(9-5-6-9)11-3-1-2-4-12(11)13;14-13-8-7-10(9-5-6-9)11-3-1-2-4-12(11)13;1-2-6-12-10(4-1)5-3-7-13(12)11-8-9-11;11-10-7-3-5-8-4-1-2-6-9(8)10;10-4-8(13)12-7-2-1-5(9(14)15)3-6(7)11;1-2-3-1;3-1(4)2(5)6;2-1(3)4;2-1-4-3;;;;;;2-1(3)4;;;/h1-4,7-9,14H,5-6H2,(H,20,22);1-4,7-8,10H,5-6H2;1-4,7-9H,5-6H2;1-4,7-9H,5-6,14H2;1-7,11H,8-9H2;1-7H;1-3H,4H2,(H,12,13)(H,14,15);1H,2-3H2;1H,(H,5,6);;1,3H;1H3;1H;;;;(H,2,3,4);;1H;/q;;;;;;;-1;;;;-1;;2*+1;+2;;;;-1/p-2. The summed E-state index contributed by atoms with van der Waals surface area (Å²) in [5.74, 6) is -0.478. The average molecular weight is 2250 g/mol. The molecule has 0 bridgehead atoms. The van der Waals surface area contributed by atoms with E-state index < -0.39 is 35.8 Å². The predicted molar refractivity (Wildman–Crippen MR) is 525 cm³/mol. The molecule has 6 saturated carbocycles. The molecule has 694 valence electrons. The zero-order valence-corrected chi connectivity index (χ0v) is 90.2. The van der Waals surface area contributed by atoms with Gasteiger partial charge in [0.05, 0.1) is 43.1 Å². The Morgan fingerprint density at radius 2 is 1.00 bits per heavy atom. The van der Waals surface area contributed by atoms with Crippen LogP contribution in [-0.4, -0.2) is 109 Å². The number of hydrogen-bond acceptors (Lipinski definition) is 16. The minimum absolute atomic E-state index is 0. The second-order valence-electron chi connectivity index (χ2n) is 29.2. The normalized spacial score (nSPS) is 12.7. The Bertz CT molecular complexity index is 6280. The van der Waals surface area contributed by atoms with Crippen molar-refractivity contribution in [2.24, 2.45) is 4.99 Å². The number of isothiocyanates is 1. The predicted octanol–water partition coefficient (Wildman–Crippen LogP) is 18.4. The molecule has 21 nitrogen and oxygen atoms in total. The Kier molecular flexibility index (Phi) is 56.7. The maximum absolute atomic E-state index is 13.2. The molecule has 0 aliphatic heterocycles. The number of rotatable bonds is 14. The van der Waals surface area contributed by atoms with Gasteiger partial charge >= 0.3 is 144 Å². The van der Waals surface area contributed by atoms with Gasteiger partial charge in [0, 0.05) is 54.2 Å². The number of fused-ring (bicyclic) bond motifs is 6. The van der Waals surface area contributed by atoms with Crippen LogP contribution in [0.5, 0.6) is 0 Å². The third-order valence-electron chi connectivity index (χ3n) is 20.1. The van der Waals surface area contributed by atoms with E-state index >= 15 is 0 Å². The number of carboxylic acids is 2. The number of nitro groups is 1. The van der Waals surface area contributed by atoms with Gasteiger partial charge in [-0.3, -0.25) is 29.4 Å². The number of aromatic carboxylic acids is 1. The summed E-state index contributed by atoms with van der Waals surface area (Å²) in [5, 5.41) is 74.3. The minimum atomic E-state index is -3.23. The fourth-order valence-electron chi connectivity index (χ4n) is 13.6. The maximum Gasteiger partial charge on any atom is 2.00 e. The van der Waals surface area contributed by atoms with Crippen LogP contribution in [0, 0.1) is 38.8 Å². The number of nitrogen functional groups attached to an aromatic ring is 1. The van der Waals surface area contributed by atoms with Gasteiger partial charge in [-0.05, 0) is 238 Å². The van der Waals surface area contributed by atoms with Gasteiger partial charge in [0.15, 0.2) is 8.55 Å². The molecule has 13 aromatic carbocycles. The largest absolute Gasteiger partial charge is 2.00 e. The molecule has 20 rings (SSSR count). The van der Waals surface area contributed by atoms with E-state index in [0.717, 1.165) is 55.1 Å². The number of carbonyl (C=O) groups is 4. The number of nitro benzene ring substituents is 1. The van der Waals surface area contributed by atoms with E-state index in [4.69, 9.17) is 105 Å². The van der Waals surface area contributed by atoms with Gasteiger partial charge in [-0.2, -0.15) is 18.9 Å². The van der Waals surface area contributed by atoms with Crippen molar-refractivity contribution < 1.29 is 215 Å². The number of aliphatic carboxylic acids is 1. The molecule has 1 amide bonds. The van der Waals surface area contributed by atoms with E-state index in [0.29, 0.717) is 23.2 Å². The number of non-ortho nitro benzene ring substituents is 1. The minimum Gasteiger partial charge on any atom is -1.00 e. The van der Waals surface area contributed by atoms with Crippen LogP contribution in [0.15, 0.2) is 258 Å². The maximum atomic E-state index is 13.2. The number of hydrogen-bond donors (Lipinski definition) is 6. The van der Waals surface area contributed by atoms with Gasteiger partial charge in [0.2, 0.25) is 11.7 Å². The quantitative estimate of drug-likeness (QED) is 0.00479. The molecule has 0 unspecified atom stereocenters. The van der Waals surface area contributed by atoms with Crippen molar-refractivity contribution in [2.75, 3.05) is 16.9 Å². The summed E-state index contributed by atoms with van der Waals surface area (Å²) in [7, 11) is 0. The van der Waals surface area contributed by atoms with E-state index in [-0.39, 0.29) is 221 Å². The van der Waals surface area contributed by atoms with Crippen molar-refractivity contribution in [1.82, 2.24) is 14.8 Å². The van der Waals surface area contributed by atoms with Gasteiger partial charge < -0.3 is 68.9 Å². The van der Waals surface area contributed by atoms with Crippen LogP contribution in [0.1, 0.15) is 160 Å². The van der Waals surface area contributed by atoms with E-state index in [9.17, 15) is 37.3 Å². The summed E-state index contributed by atoms with van der Waals surface area (Å²) in [6.07, 6.45) is 12.0. The number of alkyl halides is 5. The number of aliphatic imine (C=N–C) groups is 1. The van der Waals surface area contributed by atoms with Gasteiger partial charge in [-0.1, -0.05) is 257 Å². The van der Waals surface area contributed by atoms with Crippen LogP contribution >= 0.6 is 99.0 Å². The number of carboxylic acid groups (broad SMARTS) is 2. The van der Waals surface area contributed by atoms with E-state index in [1.165, 1.54) is 165 Å². The van der Waals surface area contributed by atoms with Crippen molar-refractivity contribution in [1.29, 1.82) is 0 Å². The van der Waals surface area contributed by atoms with Crippen LogP contribution in [-0.2, 0) is 39.7 Å². The molecule has 6 aliphatic carbocycles. The molecular formula is C96H89Br2Cl4F4K2MgN8O13PdS3-. The molecule has 0 spiro atoms. The molecule has 0 radical (unpaired) electrons.